The number of amides is 2. The number of carbonyl (C=O) groups excluding carboxylic acids is 2. The number of thiazole rings is 1. The lowest BCUT2D eigenvalue weighted by molar-refractivity contribution is -0.130. The number of thioether (sulfide) groups is 1. The molecule has 1 aliphatic rings. The van der Waals surface area contributed by atoms with Crippen LogP contribution in [-0.2, 0) is 16.0 Å². The van der Waals surface area contributed by atoms with Gasteiger partial charge in [-0.05, 0) is 36.4 Å². The molecular formula is C23H23FN4O3S2. The molecule has 0 bridgehead atoms. The van der Waals surface area contributed by atoms with Gasteiger partial charge in [-0.1, -0.05) is 23.9 Å². The van der Waals surface area contributed by atoms with Crippen molar-refractivity contribution >= 4 is 46.3 Å². The molecule has 0 unspecified atom stereocenters. The number of para-hydroxylation sites is 2. The largest absolute Gasteiger partial charge is 0.506 e. The van der Waals surface area contributed by atoms with Crippen molar-refractivity contribution < 1.29 is 19.1 Å². The molecule has 4 rings (SSSR count). The summed E-state index contributed by atoms with van der Waals surface area (Å²) in [5.74, 6) is -0.127. The van der Waals surface area contributed by atoms with Crippen molar-refractivity contribution in [2.75, 3.05) is 42.1 Å². The van der Waals surface area contributed by atoms with Gasteiger partial charge in [-0.3, -0.25) is 9.59 Å². The molecule has 3 aromatic rings. The standard InChI is InChI=1S/C23H23FN4O3S2/c24-16-5-7-17(8-6-16)25-21(30)15-33-23-26-18(14-32-23)13-22(31)28-11-9-27(10-12-28)19-3-1-2-4-20(19)29/h1-8,14,29H,9-13,15H2,(H,25,30). The number of nitrogens with one attached hydrogen (secondary N) is 1. The zero-order chi connectivity index (χ0) is 23.2. The average molecular weight is 487 g/mol. The van der Waals surface area contributed by atoms with E-state index in [4.69, 9.17) is 0 Å². The Balaban J connectivity index is 1.22. The third-order valence-electron chi connectivity index (χ3n) is 5.17. The highest BCUT2D eigenvalue weighted by Crippen LogP contribution is 2.27. The quantitative estimate of drug-likeness (QED) is 0.497. The molecule has 2 amide bonds. The highest BCUT2D eigenvalue weighted by atomic mass is 32.2. The number of hydrogen-bond acceptors (Lipinski definition) is 7. The SMILES string of the molecule is O=C(CSc1nc(CC(=O)N2CCN(c3ccccc3O)CC2)cs1)Nc1ccc(F)cc1. The highest BCUT2D eigenvalue weighted by molar-refractivity contribution is 8.01. The van der Waals surface area contributed by atoms with Gasteiger partial charge in [-0.15, -0.1) is 11.3 Å². The van der Waals surface area contributed by atoms with Gasteiger partial charge < -0.3 is 20.2 Å². The van der Waals surface area contributed by atoms with Crippen LogP contribution in [0.3, 0.4) is 0 Å². The summed E-state index contributed by atoms with van der Waals surface area (Å²) in [5.41, 5.74) is 2.01. The van der Waals surface area contributed by atoms with Gasteiger partial charge in [0.15, 0.2) is 4.34 Å². The molecule has 0 saturated carbocycles. The zero-order valence-electron chi connectivity index (χ0n) is 17.7. The Morgan fingerprint density at radius 2 is 1.82 bits per heavy atom. The first-order chi connectivity index (χ1) is 16.0. The van der Waals surface area contributed by atoms with E-state index in [1.807, 2.05) is 22.4 Å². The molecule has 7 nitrogen and oxygen atoms in total. The summed E-state index contributed by atoms with van der Waals surface area (Å²) in [4.78, 5) is 33.2. The predicted octanol–water partition coefficient (Wildman–Crippen LogP) is 3.61. The van der Waals surface area contributed by atoms with Gasteiger partial charge in [0.05, 0.1) is 23.6 Å². The number of aromatic hydroxyl groups is 1. The van der Waals surface area contributed by atoms with Crippen molar-refractivity contribution in [2.24, 2.45) is 0 Å². The van der Waals surface area contributed by atoms with Gasteiger partial charge in [0.25, 0.3) is 0 Å². The lowest BCUT2D eigenvalue weighted by Crippen LogP contribution is -2.49. The summed E-state index contributed by atoms with van der Waals surface area (Å²) >= 11 is 2.70. The van der Waals surface area contributed by atoms with Crippen LogP contribution in [0.2, 0.25) is 0 Å². The second kappa shape index (κ2) is 10.7. The maximum atomic E-state index is 12.9. The number of nitrogens with zero attached hydrogens (tertiary/aromatic N) is 3. The fourth-order valence-electron chi connectivity index (χ4n) is 3.49. The smallest absolute Gasteiger partial charge is 0.234 e. The third kappa shape index (κ3) is 6.23. The highest BCUT2D eigenvalue weighted by Gasteiger charge is 2.23. The lowest BCUT2D eigenvalue weighted by atomic mass is 10.2. The number of phenolic OH excluding ortho intramolecular Hbond substituents is 1. The second-order valence-corrected chi connectivity index (χ2v) is 9.56. The number of carbonyl (C=O) groups is 2. The first-order valence-corrected chi connectivity index (χ1v) is 12.3. The monoisotopic (exact) mass is 486 g/mol. The van der Waals surface area contributed by atoms with E-state index in [9.17, 15) is 19.1 Å². The molecule has 1 aromatic heterocycles. The molecular weight excluding hydrogens is 463 g/mol. The fourth-order valence-corrected chi connectivity index (χ4v) is 5.13. The Morgan fingerprint density at radius 3 is 2.55 bits per heavy atom. The van der Waals surface area contributed by atoms with E-state index in [2.05, 4.69) is 15.2 Å². The van der Waals surface area contributed by atoms with Crippen molar-refractivity contribution in [1.29, 1.82) is 0 Å². The Bertz CT molecular complexity index is 1110. The number of rotatable bonds is 7. The minimum Gasteiger partial charge on any atom is -0.506 e. The van der Waals surface area contributed by atoms with Crippen LogP contribution in [0.1, 0.15) is 5.69 Å². The van der Waals surface area contributed by atoms with Gasteiger partial charge in [0, 0.05) is 37.2 Å². The Kier molecular flexibility index (Phi) is 7.46. The van der Waals surface area contributed by atoms with E-state index >= 15 is 0 Å². The number of phenols is 1. The summed E-state index contributed by atoms with van der Waals surface area (Å²) < 4.78 is 13.7. The van der Waals surface area contributed by atoms with Crippen LogP contribution in [0.25, 0.3) is 0 Å². The number of halogens is 1. The van der Waals surface area contributed by atoms with Crippen molar-refractivity contribution in [1.82, 2.24) is 9.88 Å². The molecule has 1 aliphatic heterocycles. The van der Waals surface area contributed by atoms with E-state index in [-0.39, 0.29) is 35.6 Å². The molecule has 1 fully saturated rings. The van der Waals surface area contributed by atoms with Gasteiger partial charge in [-0.2, -0.15) is 0 Å². The Hall–Kier alpha value is -3.11. The van der Waals surface area contributed by atoms with Gasteiger partial charge >= 0.3 is 0 Å². The predicted molar refractivity (Wildman–Crippen MR) is 128 cm³/mol. The molecule has 2 heterocycles. The normalized spacial score (nSPS) is 13.7. The van der Waals surface area contributed by atoms with Crippen molar-refractivity contribution in [2.45, 2.75) is 10.8 Å². The molecule has 172 valence electrons. The second-order valence-electron chi connectivity index (χ2n) is 7.48. The van der Waals surface area contributed by atoms with E-state index in [1.54, 1.807) is 12.1 Å². The van der Waals surface area contributed by atoms with Crippen LogP contribution in [-0.4, -0.2) is 58.7 Å². The average Bonchev–Trinajstić information content (AvgIpc) is 3.27. The summed E-state index contributed by atoms with van der Waals surface area (Å²) in [6.07, 6.45) is 0.218. The van der Waals surface area contributed by atoms with Crippen LogP contribution in [0.4, 0.5) is 15.8 Å². The summed E-state index contributed by atoms with van der Waals surface area (Å²) in [6, 6.07) is 12.8. The minimum absolute atomic E-state index is 0.0165. The van der Waals surface area contributed by atoms with Crippen LogP contribution in [0.15, 0.2) is 58.3 Å². The molecule has 2 aromatic carbocycles. The van der Waals surface area contributed by atoms with Gasteiger partial charge in [-0.25, -0.2) is 9.37 Å². The van der Waals surface area contributed by atoms with E-state index in [0.29, 0.717) is 37.6 Å². The van der Waals surface area contributed by atoms with Gasteiger partial charge in [0.2, 0.25) is 11.8 Å². The molecule has 0 aliphatic carbocycles. The summed E-state index contributed by atoms with van der Waals surface area (Å²) in [7, 11) is 0. The lowest BCUT2D eigenvalue weighted by Gasteiger charge is -2.36. The van der Waals surface area contributed by atoms with Crippen LogP contribution in [0.5, 0.6) is 5.75 Å². The molecule has 0 radical (unpaired) electrons. The number of anilines is 2. The number of benzene rings is 2. The maximum Gasteiger partial charge on any atom is 0.234 e. The van der Waals surface area contributed by atoms with E-state index in [1.165, 1.54) is 47.4 Å². The number of piperazine rings is 1. The third-order valence-corrected chi connectivity index (χ3v) is 7.24. The van der Waals surface area contributed by atoms with E-state index < -0.39 is 0 Å². The first kappa shape index (κ1) is 23.1. The first-order valence-electron chi connectivity index (χ1n) is 10.4. The molecule has 33 heavy (non-hydrogen) atoms. The molecule has 0 spiro atoms. The Labute approximate surface area is 199 Å². The molecule has 10 heteroatoms. The van der Waals surface area contributed by atoms with Gasteiger partial charge in [0.1, 0.15) is 11.6 Å². The van der Waals surface area contributed by atoms with Crippen LogP contribution < -0.4 is 10.2 Å². The zero-order valence-corrected chi connectivity index (χ0v) is 19.4. The topological polar surface area (TPSA) is 85.8 Å². The molecule has 2 N–H and O–H groups in total. The summed E-state index contributed by atoms with van der Waals surface area (Å²) in [6.45, 7) is 2.49. The minimum atomic E-state index is -0.357. The molecule has 1 saturated heterocycles. The molecule has 0 atom stereocenters. The van der Waals surface area contributed by atoms with Crippen molar-refractivity contribution in [3.05, 3.63) is 65.4 Å². The van der Waals surface area contributed by atoms with E-state index in [0.717, 1.165) is 10.0 Å². The Morgan fingerprint density at radius 1 is 1.09 bits per heavy atom. The number of hydrogen-bond donors (Lipinski definition) is 2. The number of aromatic nitrogens is 1. The fraction of sp³-hybridized carbons (Fsp3) is 0.261. The summed E-state index contributed by atoms with van der Waals surface area (Å²) in [5, 5.41) is 14.6. The van der Waals surface area contributed by atoms with Crippen LogP contribution in [0, 0.1) is 5.82 Å². The van der Waals surface area contributed by atoms with Crippen molar-refractivity contribution in [3.63, 3.8) is 0 Å². The van der Waals surface area contributed by atoms with Crippen LogP contribution >= 0.6 is 23.1 Å². The van der Waals surface area contributed by atoms with Crippen molar-refractivity contribution in [3.8, 4) is 5.75 Å². The maximum absolute atomic E-state index is 12.9.